The molecule has 1 unspecified atom stereocenters. The number of hydrogen-bond acceptors (Lipinski definition) is 2. The minimum Gasteiger partial charge on any atom is -0.316 e. The molecule has 16 heavy (non-hydrogen) atoms. The number of rotatable bonds is 5. The summed E-state index contributed by atoms with van der Waals surface area (Å²) in [6.07, 6.45) is 0. The van der Waals surface area contributed by atoms with Gasteiger partial charge in [0.15, 0.2) is 0 Å². The quantitative estimate of drug-likeness (QED) is 0.799. The fraction of sp³-hybridized carbons (Fsp3) is 0.500. The fourth-order valence-corrected chi connectivity index (χ4v) is 2.69. The van der Waals surface area contributed by atoms with E-state index in [1.165, 1.54) is 23.9 Å². The highest BCUT2D eigenvalue weighted by Gasteiger charge is 2.12. The van der Waals surface area contributed by atoms with Crippen molar-refractivity contribution in [2.45, 2.75) is 24.8 Å². The van der Waals surface area contributed by atoms with Crippen molar-refractivity contribution in [1.82, 2.24) is 5.32 Å². The maximum Gasteiger partial charge on any atom is 0.136 e. The van der Waals surface area contributed by atoms with Gasteiger partial charge in [0.2, 0.25) is 0 Å². The van der Waals surface area contributed by atoms with E-state index in [2.05, 4.69) is 19.2 Å². The molecule has 90 valence electrons. The molecule has 4 heteroatoms. The van der Waals surface area contributed by atoms with Crippen molar-refractivity contribution in [3.8, 4) is 0 Å². The van der Waals surface area contributed by atoms with Gasteiger partial charge in [-0.1, -0.05) is 13.8 Å². The minimum absolute atomic E-state index is 0.299. The first kappa shape index (κ1) is 13.5. The first-order valence-corrected chi connectivity index (χ1v) is 6.28. The second-order valence-corrected chi connectivity index (χ2v) is 5.09. The third-order valence-corrected chi connectivity index (χ3v) is 3.64. The molecule has 0 aliphatic carbocycles. The number of halogens is 2. The molecule has 0 saturated carbocycles. The highest BCUT2D eigenvalue weighted by atomic mass is 32.2. The number of thioether (sulfide) groups is 1. The van der Waals surface area contributed by atoms with Crippen LogP contribution >= 0.6 is 11.8 Å². The van der Waals surface area contributed by atoms with Crippen LogP contribution in [0.5, 0.6) is 0 Å². The number of nitrogens with one attached hydrogen (secondary N) is 1. The predicted molar refractivity (Wildman–Crippen MR) is 64.8 cm³/mol. The zero-order chi connectivity index (χ0) is 12.1. The molecule has 0 amide bonds. The van der Waals surface area contributed by atoms with Gasteiger partial charge in [0.05, 0.1) is 0 Å². The maximum atomic E-state index is 13.3. The summed E-state index contributed by atoms with van der Waals surface area (Å²) in [5, 5.41) is 3.17. The van der Waals surface area contributed by atoms with Crippen molar-refractivity contribution in [2.75, 3.05) is 12.8 Å². The van der Waals surface area contributed by atoms with Gasteiger partial charge < -0.3 is 5.32 Å². The molecule has 0 aromatic heterocycles. The van der Waals surface area contributed by atoms with Gasteiger partial charge in [-0.05, 0) is 31.2 Å². The van der Waals surface area contributed by atoms with Crippen molar-refractivity contribution in [2.24, 2.45) is 5.92 Å². The third-order valence-electron chi connectivity index (χ3n) is 2.49. The molecular formula is C12H17F2NS. The van der Waals surface area contributed by atoms with E-state index in [1.54, 1.807) is 0 Å². The van der Waals surface area contributed by atoms with Gasteiger partial charge in [-0.15, -0.1) is 11.8 Å². The topological polar surface area (TPSA) is 12.0 Å². The van der Waals surface area contributed by atoms with Crippen molar-refractivity contribution in [3.05, 3.63) is 29.8 Å². The predicted octanol–water partition coefficient (Wildman–Crippen LogP) is 3.30. The lowest BCUT2D eigenvalue weighted by Crippen LogP contribution is -2.32. The average molecular weight is 245 g/mol. The first-order valence-electron chi connectivity index (χ1n) is 5.29. The molecule has 0 bridgehead atoms. The molecular weight excluding hydrogens is 228 g/mol. The zero-order valence-corrected chi connectivity index (χ0v) is 10.6. The van der Waals surface area contributed by atoms with Gasteiger partial charge in [0, 0.05) is 16.7 Å². The van der Waals surface area contributed by atoms with E-state index >= 15 is 0 Å². The van der Waals surface area contributed by atoms with Crippen LogP contribution in [-0.4, -0.2) is 18.8 Å². The van der Waals surface area contributed by atoms with Crippen LogP contribution < -0.4 is 5.32 Å². The van der Waals surface area contributed by atoms with Gasteiger partial charge in [-0.2, -0.15) is 0 Å². The Kier molecular flexibility index (Phi) is 5.22. The highest BCUT2D eigenvalue weighted by molar-refractivity contribution is 7.99. The van der Waals surface area contributed by atoms with Crippen LogP contribution in [0, 0.1) is 17.6 Å². The van der Waals surface area contributed by atoms with Crippen LogP contribution in [0.2, 0.25) is 0 Å². The lowest BCUT2D eigenvalue weighted by Gasteiger charge is -2.19. The first-order chi connectivity index (χ1) is 7.54. The summed E-state index contributed by atoms with van der Waals surface area (Å²) >= 11 is 1.34. The summed E-state index contributed by atoms with van der Waals surface area (Å²) in [7, 11) is 1.88. The Morgan fingerprint density at radius 1 is 1.31 bits per heavy atom. The zero-order valence-electron chi connectivity index (χ0n) is 9.76. The van der Waals surface area contributed by atoms with Gasteiger partial charge in [0.25, 0.3) is 0 Å². The van der Waals surface area contributed by atoms with E-state index in [-0.39, 0.29) is 5.82 Å². The van der Waals surface area contributed by atoms with Crippen LogP contribution in [0.15, 0.2) is 23.1 Å². The molecule has 0 heterocycles. The second-order valence-electron chi connectivity index (χ2n) is 4.02. The summed E-state index contributed by atoms with van der Waals surface area (Å²) in [4.78, 5) is 0.376. The third kappa shape index (κ3) is 3.76. The summed E-state index contributed by atoms with van der Waals surface area (Å²) in [5.41, 5.74) is 0. The molecule has 1 rings (SSSR count). The molecule has 0 aliphatic rings. The maximum absolute atomic E-state index is 13.3. The van der Waals surface area contributed by atoms with E-state index in [0.29, 0.717) is 16.9 Å². The summed E-state index contributed by atoms with van der Waals surface area (Å²) < 4.78 is 26.2. The molecule has 0 radical (unpaired) electrons. The van der Waals surface area contributed by atoms with E-state index in [0.717, 1.165) is 11.8 Å². The Bertz CT molecular complexity index is 342. The van der Waals surface area contributed by atoms with Gasteiger partial charge in [-0.25, -0.2) is 8.78 Å². The molecule has 0 aliphatic heterocycles. The smallest absolute Gasteiger partial charge is 0.136 e. The Hall–Kier alpha value is -0.610. The normalized spacial score (nSPS) is 13.1. The highest BCUT2D eigenvalue weighted by Crippen LogP contribution is 2.24. The Labute approximate surface area is 99.6 Å². The molecule has 1 aromatic rings. The van der Waals surface area contributed by atoms with Crippen LogP contribution in [0.25, 0.3) is 0 Å². The molecule has 1 aromatic carbocycles. The molecule has 0 fully saturated rings. The van der Waals surface area contributed by atoms with E-state index in [9.17, 15) is 8.78 Å². The average Bonchev–Trinajstić information content (AvgIpc) is 2.23. The molecule has 0 spiro atoms. The van der Waals surface area contributed by atoms with E-state index < -0.39 is 5.82 Å². The van der Waals surface area contributed by atoms with Gasteiger partial charge in [-0.3, -0.25) is 0 Å². The van der Waals surface area contributed by atoms with Crippen LogP contribution in [0.1, 0.15) is 13.8 Å². The van der Waals surface area contributed by atoms with Gasteiger partial charge in [0.1, 0.15) is 11.6 Å². The minimum atomic E-state index is -0.394. The van der Waals surface area contributed by atoms with Crippen molar-refractivity contribution in [3.63, 3.8) is 0 Å². The lowest BCUT2D eigenvalue weighted by molar-refractivity contribution is 0.465. The Balaban J connectivity index is 2.63. The number of hydrogen-bond donors (Lipinski definition) is 1. The summed E-state index contributed by atoms with van der Waals surface area (Å²) in [6.45, 7) is 4.20. The molecule has 1 atom stereocenters. The van der Waals surface area contributed by atoms with Gasteiger partial charge >= 0.3 is 0 Å². The van der Waals surface area contributed by atoms with Crippen LogP contribution in [-0.2, 0) is 0 Å². The molecule has 1 nitrogen and oxygen atoms in total. The Morgan fingerprint density at radius 2 is 2.00 bits per heavy atom. The van der Waals surface area contributed by atoms with Crippen molar-refractivity contribution >= 4 is 11.8 Å². The standard InChI is InChI=1S/C12H17F2NS/c1-8(2)11(15-3)7-16-12-6-9(13)4-5-10(12)14/h4-6,8,11,15H,7H2,1-3H3. The monoisotopic (exact) mass is 245 g/mol. The number of benzene rings is 1. The fourth-order valence-electron chi connectivity index (χ4n) is 1.38. The lowest BCUT2D eigenvalue weighted by atomic mass is 10.1. The van der Waals surface area contributed by atoms with Crippen LogP contribution in [0.4, 0.5) is 8.78 Å². The second kappa shape index (κ2) is 6.21. The van der Waals surface area contributed by atoms with Crippen molar-refractivity contribution < 1.29 is 8.78 Å². The SMILES string of the molecule is CNC(CSc1cc(F)ccc1F)C(C)C. The van der Waals surface area contributed by atoms with Crippen molar-refractivity contribution in [1.29, 1.82) is 0 Å². The van der Waals surface area contributed by atoms with E-state index in [4.69, 9.17) is 0 Å². The Morgan fingerprint density at radius 3 is 2.56 bits per heavy atom. The molecule has 0 saturated heterocycles. The molecule has 1 N–H and O–H groups in total. The van der Waals surface area contributed by atoms with Crippen LogP contribution in [0.3, 0.4) is 0 Å². The summed E-state index contributed by atoms with van der Waals surface area (Å²) in [6, 6.07) is 3.85. The summed E-state index contributed by atoms with van der Waals surface area (Å²) in [5.74, 6) is 0.447. The largest absolute Gasteiger partial charge is 0.316 e. The van der Waals surface area contributed by atoms with E-state index in [1.807, 2.05) is 7.05 Å².